The summed E-state index contributed by atoms with van der Waals surface area (Å²) in [4.78, 5) is 34.7. The average molecular weight is 463 g/mol. The predicted octanol–water partition coefficient (Wildman–Crippen LogP) is 4.92. The fourth-order valence-corrected chi connectivity index (χ4v) is 4.11. The quantitative estimate of drug-likeness (QED) is 0.371. The molecule has 0 fully saturated rings. The maximum atomic E-state index is 12.6. The van der Waals surface area contributed by atoms with E-state index in [1.165, 1.54) is 11.3 Å². The Morgan fingerprint density at radius 2 is 1.97 bits per heavy atom. The molecule has 0 aliphatic heterocycles. The van der Waals surface area contributed by atoms with E-state index in [4.69, 9.17) is 9.26 Å². The zero-order valence-electron chi connectivity index (χ0n) is 18.2. The summed E-state index contributed by atoms with van der Waals surface area (Å²) in [7, 11) is 0. The molecule has 0 aliphatic carbocycles. The van der Waals surface area contributed by atoms with Gasteiger partial charge in [0.2, 0.25) is 17.6 Å². The molecule has 8 nitrogen and oxygen atoms in total. The summed E-state index contributed by atoms with van der Waals surface area (Å²) in [5.74, 6) is 0.0352. The number of thiophene rings is 1. The molecule has 9 heteroatoms. The molecule has 0 aliphatic rings. The van der Waals surface area contributed by atoms with Crippen molar-refractivity contribution < 1.29 is 18.8 Å². The molecule has 168 valence electrons. The van der Waals surface area contributed by atoms with Crippen LogP contribution in [0.25, 0.3) is 21.8 Å². The third-order valence-corrected chi connectivity index (χ3v) is 5.92. The van der Waals surface area contributed by atoms with Gasteiger partial charge in [-0.2, -0.15) is 4.98 Å². The van der Waals surface area contributed by atoms with Crippen molar-refractivity contribution in [3.8, 4) is 21.8 Å². The molecule has 33 heavy (non-hydrogen) atoms. The smallest absolute Gasteiger partial charge is 0.350 e. The van der Waals surface area contributed by atoms with Gasteiger partial charge >= 0.3 is 5.97 Å². The van der Waals surface area contributed by atoms with Crippen LogP contribution in [0.15, 0.2) is 59.4 Å². The first-order chi connectivity index (χ1) is 16.0. The molecule has 0 bridgehead atoms. The number of hydrogen-bond donors (Lipinski definition) is 1. The van der Waals surface area contributed by atoms with Crippen molar-refractivity contribution >= 4 is 28.9 Å². The van der Waals surface area contributed by atoms with Gasteiger partial charge in [-0.25, -0.2) is 4.79 Å². The van der Waals surface area contributed by atoms with Gasteiger partial charge in [-0.3, -0.25) is 9.78 Å². The lowest BCUT2D eigenvalue weighted by Gasteiger charge is -2.05. The first-order valence-corrected chi connectivity index (χ1v) is 11.3. The molecule has 3 aromatic heterocycles. The van der Waals surface area contributed by atoms with Crippen LogP contribution in [0.3, 0.4) is 0 Å². The van der Waals surface area contributed by atoms with Gasteiger partial charge in [-0.05, 0) is 37.6 Å². The van der Waals surface area contributed by atoms with Crippen molar-refractivity contribution in [3.63, 3.8) is 0 Å². The van der Waals surface area contributed by atoms with Crippen molar-refractivity contribution in [2.75, 3.05) is 11.9 Å². The van der Waals surface area contributed by atoms with Crippen LogP contribution in [0.4, 0.5) is 5.69 Å². The highest BCUT2D eigenvalue weighted by Crippen LogP contribution is 2.35. The number of carbonyl (C=O) groups excluding carboxylic acids is 2. The summed E-state index contributed by atoms with van der Waals surface area (Å²) in [5, 5.41) is 6.76. The summed E-state index contributed by atoms with van der Waals surface area (Å²) in [6, 6.07) is 13.4. The Balaban J connectivity index is 1.46. The first kappa shape index (κ1) is 22.3. The van der Waals surface area contributed by atoms with Crippen molar-refractivity contribution in [3.05, 3.63) is 71.2 Å². The fraction of sp³-hybridized carbons (Fsp3) is 0.208. The Hall–Kier alpha value is -3.85. The summed E-state index contributed by atoms with van der Waals surface area (Å²) < 4.78 is 10.4. The molecular weight excluding hydrogens is 440 g/mol. The minimum Gasteiger partial charge on any atom is -0.462 e. The van der Waals surface area contributed by atoms with E-state index in [0.29, 0.717) is 22.3 Å². The van der Waals surface area contributed by atoms with Gasteiger partial charge in [0.15, 0.2) is 0 Å². The second kappa shape index (κ2) is 10.2. The number of amides is 1. The normalized spacial score (nSPS) is 10.7. The minimum atomic E-state index is -0.464. The number of hydrogen-bond acceptors (Lipinski definition) is 8. The van der Waals surface area contributed by atoms with Crippen LogP contribution in [0.1, 0.15) is 34.5 Å². The van der Waals surface area contributed by atoms with E-state index in [-0.39, 0.29) is 25.4 Å². The second-order valence-corrected chi connectivity index (χ2v) is 8.29. The number of carbonyl (C=O) groups is 2. The molecular formula is C24H22N4O4S. The summed E-state index contributed by atoms with van der Waals surface area (Å²) in [5.41, 5.74) is 3.27. The molecule has 0 radical (unpaired) electrons. The van der Waals surface area contributed by atoms with E-state index in [1.807, 2.05) is 37.3 Å². The molecule has 1 aromatic carbocycles. The Morgan fingerprint density at radius 3 is 2.70 bits per heavy atom. The monoisotopic (exact) mass is 462 g/mol. The highest BCUT2D eigenvalue weighted by atomic mass is 32.1. The van der Waals surface area contributed by atoms with E-state index < -0.39 is 5.97 Å². The molecule has 0 unspecified atom stereocenters. The van der Waals surface area contributed by atoms with Crippen LogP contribution in [-0.2, 0) is 16.0 Å². The molecule has 0 spiro atoms. The summed E-state index contributed by atoms with van der Waals surface area (Å²) in [6.07, 6.45) is 3.68. The van der Waals surface area contributed by atoms with Crippen molar-refractivity contribution in [1.29, 1.82) is 0 Å². The zero-order chi connectivity index (χ0) is 23.2. The fourth-order valence-electron chi connectivity index (χ4n) is 3.09. The second-order valence-electron chi connectivity index (χ2n) is 7.24. The van der Waals surface area contributed by atoms with E-state index in [1.54, 1.807) is 31.5 Å². The van der Waals surface area contributed by atoms with Crippen LogP contribution < -0.4 is 5.32 Å². The van der Waals surface area contributed by atoms with E-state index in [2.05, 4.69) is 20.4 Å². The number of aromatic nitrogens is 3. The van der Waals surface area contributed by atoms with Gasteiger partial charge in [0.05, 0.1) is 12.3 Å². The number of esters is 1. The van der Waals surface area contributed by atoms with Crippen LogP contribution in [-0.4, -0.2) is 33.6 Å². The largest absolute Gasteiger partial charge is 0.462 e. The lowest BCUT2D eigenvalue weighted by atomic mass is 10.1. The van der Waals surface area contributed by atoms with Gasteiger partial charge in [0.1, 0.15) is 4.88 Å². The molecule has 4 rings (SSSR count). The number of aryl methyl sites for hydroxylation is 2. The Labute approximate surface area is 194 Å². The van der Waals surface area contributed by atoms with E-state index >= 15 is 0 Å². The van der Waals surface area contributed by atoms with Gasteiger partial charge < -0.3 is 14.6 Å². The van der Waals surface area contributed by atoms with Gasteiger partial charge in [0, 0.05) is 35.7 Å². The van der Waals surface area contributed by atoms with Crippen LogP contribution in [0.5, 0.6) is 0 Å². The van der Waals surface area contributed by atoms with Gasteiger partial charge in [0.25, 0.3) is 0 Å². The molecule has 1 amide bonds. The first-order valence-electron chi connectivity index (χ1n) is 10.4. The third-order valence-electron chi connectivity index (χ3n) is 4.76. The molecule has 4 aromatic rings. The molecule has 0 saturated heterocycles. The number of pyridine rings is 1. The van der Waals surface area contributed by atoms with Crippen LogP contribution in [0, 0.1) is 6.92 Å². The number of nitrogens with one attached hydrogen (secondary N) is 1. The molecule has 0 saturated carbocycles. The minimum absolute atomic E-state index is 0.118. The molecule has 1 N–H and O–H groups in total. The predicted molar refractivity (Wildman–Crippen MR) is 125 cm³/mol. The highest BCUT2D eigenvalue weighted by molar-refractivity contribution is 7.18. The number of anilines is 1. The topological polar surface area (TPSA) is 107 Å². The standard InChI is InChI=1S/C24H22N4O4S/c1-3-31-24(30)22-18(13-19(33-22)16-8-6-15(2)7-9-16)26-20(29)10-11-21-27-23(28-32-21)17-5-4-12-25-14-17/h4-9,12-14H,3,10-11H2,1-2H3,(H,26,29). The van der Waals surface area contributed by atoms with Crippen molar-refractivity contribution in [2.45, 2.75) is 26.7 Å². The van der Waals surface area contributed by atoms with E-state index in [0.717, 1.165) is 21.6 Å². The Bertz CT molecular complexity index is 1250. The zero-order valence-corrected chi connectivity index (χ0v) is 19.0. The van der Waals surface area contributed by atoms with E-state index in [9.17, 15) is 9.59 Å². The molecule has 0 atom stereocenters. The van der Waals surface area contributed by atoms with Crippen molar-refractivity contribution in [2.24, 2.45) is 0 Å². The summed E-state index contributed by atoms with van der Waals surface area (Å²) >= 11 is 1.29. The number of ether oxygens (including phenoxy) is 1. The highest BCUT2D eigenvalue weighted by Gasteiger charge is 2.20. The third kappa shape index (κ3) is 5.50. The maximum Gasteiger partial charge on any atom is 0.350 e. The average Bonchev–Trinajstić information content (AvgIpc) is 3.47. The summed E-state index contributed by atoms with van der Waals surface area (Å²) in [6.45, 7) is 4.01. The molecule has 3 heterocycles. The Morgan fingerprint density at radius 1 is 1.15 bits per heavy atom. The lowest BCUT2D eigenvalue weighted by molar-refractivity contribution is -0.116. The number of nitrogens with zero attached hydrogens (tertiary/aromatic N) is 3. The Kier molecular flexibility index (Phi) is 6.89. The SMILES string of the molecule is CCOC(=O)c1sc(-c2ccc(C)cc2)cc1NC(=O)CCc1nc(-c2cccnc2)no1. The lowest BCUT2D eigenvalue weighted by Crippen LogP contribution is -2.14. The number of rotatable bonds is 8. The van der Waals surface area contributed by atoms with Crippen molar-refractivity contribution in [1.82, 2.24) is 15.1 Å². The van der Waals surface area contributed by atoms with Crippen LogP contribution >= 0.6 is 11.3 Å². The van der Waals surface area contributed by atoms with Crippen LogP contribution in [0.2, 0.25) is 0 Å². The van der Waals surface area contributed by atoms with Gasteiger partial charge in [-0.15, -0.1) is 11.3 Å². The maximum absolute atomic E-state index is 12.6. The van der Waals surface area contributed by atoms with Gasteiger partial charge in [-0.1, -0.05) is 35.0 Å². The number of benzene rings is 1.